The molecular formula is C26H18F6NOP. The van der Waals surface area contributed by atoms with E-state index in [1.165, 1.54) is 60.8 Å². The molecular weight excluding hydrogens is 487 g/mol. The Labute approximate surface area is 197 Å². The molecule has 180 valence electrons. The van der Waals surface area contributed by atoms with Crippen LogP contribution in [0.5, 0.6) is 0 Å². The number of nitrogens with zero attached hydrogens (tertiary/aromatic N) is 1. The van der Waals surface area contributed by atoms with Gasteiger partial charge in [0, 0.05) is 27.7 Å². The molecule has 2 nitrogen and oxygen atoms in total. The van der Waals surface area contributed by atoms with Crippen LogP contribution in [0.25, 0.3) is 11.3 Å². The van der Waals surface area contributed by atoms with Crippen molar-refractivity contribution in [3.8, 4) is 11.3 Å². The number of alkyl halides is 6. The summed E-state index contributed by atoms with van der Waals surface area (Å²) in [6, 6.07) is 18.1. The Hall–Kier alpha value is -3.38. The van der Waals surface area contributed by atoms with E-state index in [-0.39, 0.29) is 16.3 Å². The first-order chi connectivity index (χ1) is 16.4. The lowest BCUT2D eigenvalue weighted by Crippen LogP contribution is -2.35. The maximum absolute atomic E-state index is 14.8. The molecule has 0 atom stereocenters. The Balaban J connectivity index is 2.25. The Kier molecular flexibility index (Phi) is 6.36. The number of benzene rings is 3. The number of aromatic nitrogens is 1. The lowest BCUT2D eigenvalue weighted by atomic mass is 9.99. The van der Waals surface area contributed by atoms with Crippen LogP contribution in [0, 0.1) is 6.92 Å². The van der Waals surface area contributed by atoms with E-state index < -0.39 is 41.5 Å². The largest absolute Gasteiger partial charge is 0.417 e. The molecule has 0 radical (unpaired) electrons. The van der Waals surface area contributed by atoms with Crippen LogP contribution in [-0.2, 0) is 16.9 Å². The fourth-order valence-corrected chi connectivity index (χ4v) is 7.12. The van der Waals surface area contributed by atoms with Crippen LogP contribution in [0.15, 0.2) is 91.1 Å². The first-order valence-corrected chi connectivity index (χ1v) is 12.1. The van der Waals surface area contributed by atoms with Crippen LogP contribution in [0.3, 0.4) is 0 Å². The third kappa shape index (κ3) is 4.63. The molecule has 0 spiro atoms. The molecule has 0 aliphatic carbocycles. The van der Waals surface area contributed by atoms with Crippen LogP contribution >= 0.6 is 7.14 Å². The molecule has 1 heterocycles. The lowest BCUT2D eigenvalue weighted by Gasteiger charge is -2.28. The average molecular weight is 505 g/mol. The molecule has 0 saturated carbocycles. The van der Waals surface area contributed by atoms with Crippen molar-refractivity contribution in [1.29, 1.82) is 0 Å². The van der Waals surface area contributed by atoms with E-state index in [0.717, 1.165) is 6.07 Å². The molecule has 0 aliphatic rings. The van der Waals surface area contributed by atoms with Gasteiger partial charge in [-0.2, -0.15) is 26.3 Å². The van der Waals surface area contributed by atoms with Crippen molar-refractivity contribution in [3.05, 3.63) is 108 Å². The molecule has 1 aromatic heterocycles. The molecule has 35 heavy (non-hydrogen) atoms. The summed E-state index contributed by atoms with van der Waals surface area (Å²) >= 11 is 0. The number of halogens is 6. The standard InChI is InChI=1S/C26H18F6NOP/c1-17-14-15-33-22(16-17)20-12-13-21(25(27,28)29)24(23(20)26(30,31)32)35(34,18-8-4-2-5-9-18)19-10-6-3-7-11-19/h2-16H,1H3. The highest BCUT2D eigenvalue weighted by molar-refractivity contribution is 7.85. The topological polar surface area (TPSA) is 30.0 Å². The average Bonchev–Trinajstić information content (AvgIpc) is 2.82. The van der Waals surface area contributed by atoms with E-state index in [9.17, 15) is 30.9 Å². The van der Waals surface area contributed by atoms with E-state index >= 15 is 0 Å². The second kappa shape index (κ2) is 9.00. The summed E-state index contributed by atoms with van der Waals surface area (Å²) in [5, 5.41) is -1.58. The smallest absolute Gasteiger partial charge is 0.309 e. The number of hydrogen-bond acceptors (Lipinski definition) is 2. The van der Waals surface area contributed by atoms with Crippen molar-refractivity contribution in [2.24, 2.45) is 0 Å². The van der Waals surface area contributed by atoms with Crippen LogP contribution in [0.1, 0.15) is 16.7 Å². The minimum atomic E-state index is -5.27. The van der Waals surface area contributed by atoms with Gasteiger partial charge in [-0.3, -0.25) is 4.98 Å². The quantitative estimate of drug-likeness (QED) is 0.227. The Morgan fingerprint density at radius 1 is 0.714 bits per heavy atom. The van der Waals surface area contributed by atoms with E-state index in [1.807, 2.05) is 0 Å². The molecule has 0 aliphatic heterocycles. The summed E-state index contributed by atoms with van der Waals surface area (Å²) in [7, 11) is -4.67. The maximum atomic E-state index is 14.8. The van der Waals surface area contributed by atoms with Crippen LogP contribution in [-0.4, -0.2) is 4.98 Å². The molecule has 9 heteroatoms. The van der Waals surface area contributed by atoms with Crippen molar-refractivity contribution in [1.82, 2.24) is 4.98 Å². The molecule has 3 aromatic carbocycles. The normalized spacial score (nSPS) is 12.5. The number of rotatable bonds is 4. The van der Waals surface area contributed by atoms with E-state index in [2.05, 4.69) is 4.98 Å². The summed E-state index contributed by atoms with van der Waals surface area (Å²) in [5.41, 5.74) is -3.38. The molecule has 0 unspecified atom stereocenters. The summed E-state index contributed by atoms with van der Waals surface area (Å²) in [5.74, 6) is 0. The minimum Gasteiger partial charge on any atom is -0.309 e. The van der Waals surface area contributed by atoms with Gasteiger partial charge in [0.25, 0.3) is 0 Å². The molecule has 4 aromatic rings. The lowest BCUT2D eigenvalue weighted by molar-refractivity contribution is -0.141. The van der Waals surface area contributed by atoms with E-state index in [1.54, 1.807) is 25.1 Å². The number of hydrogen-bond donors (Lipinski definition) is 0. The summed E-state index contributed by atoms with van der Waals surface area (Å²) in [6.07, 6.45) is -9.19. The third-order valence-corrected chi connectivity index (χ3v) is 8.66. The van der Waals surface area contributed by atoms with Gasteiger partial charge >= 0.3 is 12.4 Å². The van der Waals surface area contributed by atoms with Gasteiger partial charge in [0.15, 0.2) is 7.14 Å². The van der Waals surface area contributed by atoms with E-state index in [4.69, 9.17) is 0 Å². The monoisotopic (exact) mass is 505 g/mol. The van der Waals surface area contributed by atoms with Gasteiger partial charge in [0.1, 0.15) is 0 Å². The van der Waals surface area contributed by atoms with Crippen molar-refractivity contribution in [2.45, 2.75) is 19.3 Å². The predicted molar refractivity (Wildman–Crippen MR) is 124 cm³/mol. The highest BCUT2D eigenvalue weighted by Crippen LogP contribution is 2.51. The Morgan fingerprint density at radius 2 is 1.26 bits per heavy atom. The zero-order valence-electron chi connectivity index (χ0n) is 18.2. The van der Waals surface area contributed by atoms with Gasteiger partial charge in [-0.15, -0.1) is 0 Å². The summed E-state index contributed by atoms with van der Waals surface area (Å²) in [4.78, 5) is 3.97. The summed E-state index contributed by atoms with van der Waals surface area (Å²) in [6.45, 7) is 1.63. The first-order valence-electron chi connectivity index (χ1n) is 10.4. The maximum Gasteiger partial charge on any atom is 0.417 e. The Morgan fingerprint density at radius 3 is 1.71 bits per heavy atom. The third-order valence-electron chi connectivity index (χ3n) is 5.51. The number of aryl methyl sites for hydroxylation is 1. The van der Waals surface area contributed by atoms with Gasteiger partial charge in [0.2, 0.25) is 0 Å². The highest BCUT2D eigenvalue weighted by atomic mass is 31.2. The number of pyridine rings is 1. The minimum absolute atomic E-state index is 0.142. The molecule has 0 bridgehead atoms. The van der Waals surface area contributed by atoms with Gasteiger partial charge in [-0.05, 0) is 30.7 Å². The van der Waals surface area contributed by atoms with Crippen molar-refractivity contribution in [3.63, 3.8) is 0 Å². The SMILES string of the molecule is Cc1ccnc(-c2ccc(C(F)(F)F)c(P(=O)(c3ccccc3)c3ccccc3)c2C(F)(F)F)c1. The van der Waals surface area contributed by atoms with Crippen molar-refractivity contribution < 1.29 is 30.9 Å². The van der Waals surface area contributed by atoms with Gasteiger partial charge in [-0.1, -0.05) is 66.7 Å². The van der Waals surface area contributed by atoms with Crippen LogP contribution in [0.4, 0.5) is 26.3 Å². The Bertz CT molecular complexity index is 1360. The predicted octanol–water partition coefficient (Wildman–Crippen LogP) is 6.73. The van der Waals surface area contributed by atoms with Gasteiger partial charge in [0.05, 0.1) is 16.8 Å². The molecule has 0 N–H and O–H groups in total. The van der Waals surface area contributed by atoms with Gasteiger partial charge in [-0.25, -0.2) is 0 Å². The zero-order chi connectivity index (χ0) is 25.4. The molecule has 4 rings (SSSR count). The van der Waals surface area contributed by atoms with Crippen molar-refractivity contribution >= 4 is 23.1 Å². The molecule has 0 fully saturated rings. The summed E-state index contributed by atoms with van der Waals surface area (Å²) < 4.78 is 102. The van der Waals surface area contributed by atoms with Crippen LogP contribution in [0.2, 0.25) is 0 Å². The fraction of sp³-hybridized carbons (Fsp3) is 0.115. The zero-order valence-corrected chi connectivity index (χ0v) is 19.1. The molecule has 0 amide bonds. The van der Waals surface area contributed by atoms with Crippen molar-refractivity contribution in [2.75, 3.05) is 0 Å². The second-order valence-corrected chi connectivity index (χ2v) is 10.6. The van der Waals surface area contributed by atoms with E-state index in [0.29, 0.717) is 11.6 Å². The fourth-order valence-electron chi connectivity index (χ4n) is 4.01. The van der Waals surface area contributed by atoms with Crippen LogP contribution < -0.4 is 15.9 Å². The second-order valence-electron chi connectivity index (χ2n) is 7.88. The first kappa shape index (κ1) is 24.7. The van der Waals surface area contributed by atoms with Gasteiger partial charge < -0.3 is 4.57 Å². The molecule has 0 saturated heterocycles. The highest BCUT2D eigenvalue weighted by Gasteiger charge is 2.49.